The zero-order valence-electron chi connectivity index (χ0n) is 22.2. The molecule has 3 saturated heterocycles. The van der Waals surface area contributed by atoms with E-state index >= 15 is 0 Å². The van der Waals surface area contributed by atoms with E-state index in [1.165, 1.54) is 4.31 Å². The lowest BCUT2D eigenvalue weighted by atomic mass is 9.75. The molecule has 4 atom stereocenters. The van der Waals surface area contributed by atoms with Crippen molar-refractivity contribution < 1.29 is 31.5 Å². The van der Waals surface area contributed by atoms with Gasteiger partial charge in [-0.1, -0.05) is 33.1 Å². The van der Waals surface area contributed by atoms with Crippen LogP contribution >= 0.6 is 0 Å². The predicted octanol–water partition coefficient (Wildman–Crippen LogP) is 5.24. The number of carbonyl (C=O) groups excluding carboxylic acids is 1. The van der Waals surface area contributed by atoms with E-state index in [2.05, 4.69) is 13.8 Å². The number of benzene rings is 1. The molecule has 0 spiro atoms. The van der Waals surface area contributed by atoms with Gasteiger partial charge in [0.2, 0.25) is 10.0 Å². The summed E-state index contributed by atoms with van der Waals surface area (Å²) in [7, 11) is -4.29. The summed E-state index contributed by atoms with van der Waals surface area (Å²) in [5.41, 5.74) is -0.776. The monoisotopic (exact) mass is 552 g/mol. The van der Waals surface area contributed by atoms with Gasteiger partial charge in [-0.2, -0.15) is 4.31 Å². The molecule has 2 bridgehead atoms. The normalized spacial score (nSPS) is 34.8. The second-order valence-electron chi connectivity index (χ2n) is 12.6. The fourth-order valence-corrected chi connectivity index (χ4v) is 9.09. The molecule has 3 aliphatic heterocycles. The van der Waals surface area contributed by atoms with Crippen molar-refractivity contribution in [2.45, 2.75) is 113 Å². The van der Waals surface area contributed by atoms with Crippen molar-refractivity contribution in [1.29, 1.82) is 0 Å². The highest BCUT2D eigenvalue weighted by Gasteiger charge is 2.61. The van der Waals surface area contributed by atoms with E-state index in [-0.39, 0.29) is 36.8 Å². The molecule has 38 heavy (non-hydrogen) atoms. The average molecular weight is 553 g/mol. The minimum Gasteiger partial charge on any atom is -0.441 e. The van der Waals surface area contributed by atoms with Gasteiger partial charge in [0.15, 0.2) is 0 Å². The number of ether oxygens (including phenoxy) is 2. The van der Waals surface area contributed by atoms with Crippen LogP contribution in [0.15, 0.2) is 23.1 Å². The van der Waals surface area contributed by atoms with Crippen LogP contribution in [0.1, 0.15) is 78.1 Å². The molecule has 0 aromatic heterocycles. The number of rotatable bonds is 7. The first-order chi connectivity index (χ1) is 18.0. The van der Waals surface area contributed by atoms with Crippen molar-refractivity contribution in [3.63, 3.8) is 0 Å². The molecule has 210 valence electrons. The zero-order valence-corrected chi connectivity index (χ0v) is 23.0. The number of fused-ring (bicyclic) bond motifs is 2. The van der Waals surface area contributed by atoms with Crippen LogP contribution in [0.25, 0.3) is 0 Å². The number of morpholine rings is 1. The van der Waals surface area contributed by atoms with Crippen molar-refractivity contribution >= 4 is 16.1 Å². The molecular weight excluding hydrogens is 514 g/mol. The Labute approximate surface area is 223 Å². The van der Waals surface area contributed by atoms with E-state index in [1.807, 2.05) is 4.90 Å². The Bertz CT molecular complexity index is 1170. The molecule has 0 N–H and O–H groups in total. The Morgan fingerprint density at radius 1 is 1.05 bits per heavy atom. The molecule has 0 radical (unpaired) electrons. The third-order valence-corrected chi connectivity index (χ3v) is 11.7. The van der Waals surface area contributed by atoms with Crippen molar-refractivity contribution in [2.75, 3.05) is 13.2 Å². The quantitative estimate of drug-likeness (QED) is 0.463. The van der Waals surface area contributed by atoms with E-state index < -0.39 is 44.2 Å². The first-order valence-corrected chi connectivity index (χ1v) is 15.6. The maximum atomic E-state index is 14.1. The molecule has 1 amide bonds. The second kappa shape index (κ2) is 9.41. The lowest BCUT2D eigenvalue weighted by Gasteiger charge is -2.46. The first kappa shape index (κ1) is 26.4. The number of hydrogen-bond acceptors (Lipinski definition) is 5. The standard InChI is InChI=1S/C28H38F2N2O5S/c1-3-27(2)14-21-6-7-22(15-27)31(21)26(33)37-28(8-9-28)25-17-36-16-23(10-18-4-5-18)32(25)38(34,35)24-12-19(29)11-20(30)13-24/h11-13,18,21-23,25H,3-10,14-17H2,1-2H3/t21?,22?,23-,25-,27?/m1/s1. The number of piperidine rings is 1. The van der Waals surface area contributed by atoms with Gasteiger partial charge in [-0.3, -0.25) is 0 Å². The Balaban J connectivity index is 1.28. The van der Waals surface area contributed by atoms with Crippen molar-refractivity contribution in [3.05, 3.63) is 29.8 Å². The first-order valence-electron chi connectivity index (χ1n) is 14.1. The molecule has 2 aliphatic carbocycles. The summed E-state index contributed by atoms with van der Waals surface area (Å²) < 4.78 is 69.7. The number of amides is 1. The molecule has 2 unspecified atom stereocenters. The molecule has 3 heterocycles. The van der Waals surface area contributed by atoms with Gasteiger partial charge in [-0.15, -0.1) is 0 Å². The van der Waals surface area contributed by atoms with Crippen LogP contribution in [0.4, 0.5) is 13.6 Å². The average Bonchev–Trinajstić information content (AvgIpc) is 3.79. The summed E-state index contributed by atoms with van der Waals surface area (Å²) in [6, 6.07) is 1.44. The van der Waals surface area contributed by atoms with E-state index in [1.54, 1.807) is 0 Å². The van der Waals surface area contributed by atoms with Gasteiger partial charge in [0.25, 0.3) is 0 Å². The number of sulfonamides is 1. The van der Waals surface area contributed by atoms with Crippen LogP contribution in [-0.2, 0) is 19.5 Å². The summed E-state index contributed by atoms with van der Waals surface area (Å²) in [6.45, 7) is 4.78. The van der Waals surface area contributed by atoms with Gasteiger partial charge in [0, 0.05) is 24.2 Å². The predicted molar refractivity (Wildman–Crippen MR) is 136 cm³/mol. The van der Waals surface area contributed by atoms with Crippen molar-refractivity contribution in [3.8, 4) is 0 Å². The molecule has 10 heteroatoms. The van der Waals surface area contributed by atoms with Crippen LogP contribution < -0.4 is 0 Å². The molecule has 1 aromatic carbocycles. The topological polar surface area (TPSA) is 76.2 Å². The second-order valence-corrected chi connectivity index (χ2v) is 14.5. The minimum absolute atomic E-state index is 0.0756. The Hall–Kier alpha value is -1.78. The molecular formula is C28H38F2N2O5S. The van der Waals surface area contributed by atoms with E-state index in [0.29, 0.717) is 31.2 Å². The number of nitrogens with zero attached hydrogens (tertiary/aromatic N) is 2. The molecule has 5 fully saturated rings. The fraction of sp³-hybridized carbons (Fsp3) is 0.750. The molecule has 5 aliphatic rings. The Morgan fingerprint density at radius 3 is 2.24 bits per heavy atom. The van der Waals surface area contributed by atoms with E-state index in [0.717, 1.165) is 57.1 Å². The van der Waals surface area contributed by atoms with Gasteiger partial charge >= 0.3 is 6.09 Å². The van der Waals surface area contributed by atoms with Gasteiger partial charge in [0.05, 0.1) is 24.2 Å². The maximum Gasteiger partial charge on any atom is 0.410 e. The third kappa shape index (κ3) is 4.74. The zero-order chi connectivity index (χ0) is 26.9. The van der Waals surface area contributed by atoms with Crippen LogP contribution in [0, 0.1) is 23.0 Å². The van der Waals surface area contributed by atoms with Gasteiger partial charge in [-0.05, 0) is 68.4 Å². The summed E-state index contributed by atoms with van der Waals surface area (Å²) >= 11 is 0. The van der Waals surface area contributed by atoms with Crippen LogP contribution in [0.2, 0.25) is 0 Å². The highest BCUT2D eigenvalue weighted by atomic mass is 32.2. The lowest BCUT2D eigenvalue weighted by molar-refractivity contribution is -0.0787. The molecule has 2 saturated carbocycles. The molecule has 6 rings (SSSR count). The minimum atomic E-state index is -4.29. The maximum absolute atomic E-state index is 14.1. The van der Waals surface area contributed by atoms with Gasteiger partial charge in [-0.25, -0.2) is 22.0 Å². The highest BCUT2D eigenvalue weighted by molar-refractivity contribution is 7.89. The summed E-state index contributed by atoms with van der Waals surface area (Å²) in [6.07, 6.45) is 8.25. The highest BCUT2D eigenvalue weighted by Crippen LogP contribution is 2.52. The Kier molecular flexibility index (Phi) is 6.54. The summed E-state index contributed by atoms with van der Waals surface area (Å²) in [5, 5.41) is 0. The largest absolute Gasteiger partial charge is 0.441 e. The van der Waals surface area contributed by atoms with E-state index in [4.69, 9.17) is 9.47 Å². The SMILES string of the molecule is CCC1(C)CC2CCC(C1)N2C(=O)OC1([C@H]2COC[C@@H](CC3CC3)N2S(=O)(=O)c2cc(F)cc(F)c2)CC1. The smallest absolute Gasteiger partial charge is 0.410 e. The molecule has 1 aromatic rings. The van der Waals surface area contributed by atoms with Crippen LogP contribution in [0.3, 0.4) is 0 Å². The summed E-state index contributed by atoms with van der Waals surface area (Å²) in [5.74, 6) is -1.49. The van der Waals surface area contributed by atoms with Gasteiger partial charge < -0.3 is 14.4 Å². The number of halogens is 2. The number of carbonyl (C=O) groups is 1. The Morgan fingerprint density at radius 2 is 1.68 bits per heavy atom. The van der Waals surface area contributed by atoms with Crippen LogP contribution in [-0.4, -0.2) is 66.7 Å². The van der Waals surface area contributed by atoms with Crippen LogP contribution in [0.5, 0.6) is 0 Å². The third-order valence-electron chi connectivity index (χ3n) is 9.75. The molecule has 7 nitrogen and oxygen atoms in total. The summed E-state index contributed by atoms with van der Waals surface area (Å²) in [4.78, 5) is 15.1. The van der Waals surface area contributed by atoms with Crippen molar-refractivity contribution in [1.82, 2.24) is 9.21 Å². The van der Waals surface area contributed by atoms with Crippen molar-refractivity contribution in [2.24, 2.45) is 11.3 Å². The van der Waals surface area contributed by atoms with Gasteiger partial charge in [0.1, 0.15) is 17.2 Å². The fourth-order valence-electron chi connectivity index (χ4n) is 7.20. The lowest BCUT2D eigenvalue weighted by Crippen LogP contribution is -2.61. The van der Waals surface area contributed by atoms with E-state index in [9.17, 15) is 22.0 Å². The number of hydrogen-bond donors (Lipinski definition) is 0.